The molecule has 0 aromatic heterocycles. The third kappa shape index (κ3) is 2.03. The van der Waals surface area contributed by atoms with Gasteiger partial charge in [-0.3, -0.25) is 0 Å². The van der Waals surface area contributed by atoms with Crippen molar-refractivity contribution >= 4 is 15.9 Å². The van der Waals surface area contributed by atoms with Crippen LogP contribution in [0.3, 0.4) is 0 Å². The summed E-state index contributed by atoms with van der Waals surface area (Å²) < 4.78 is 6.13. The highest BCUT2D eigenvalue weighted by Gasteiger charge is 1.91. The molecule has 53 valence electrons. The summed E-state index contributed by atoms with van der Waals surface area (Å²) in [7, 11) is 0. The second-order valence-corrected chi connectivity index (χ2v) is 2.65. The predicted molar refractivity (Wildman–Crippen MR) is 44.1 cm³/mol. The third-order valence-corrected chi connectivity index (χ3v) is 1.50. The van der Waals surface area contributed by atoms with Crippen molar-refractivity contribution < 1.29 is 4.74 Å². The lowest BCUT2D eigenvalue weighted by molar-refractivity contribution is 0.339. The van der Waals surface area contributed by atoms with Crippen LogP contribution < -0.4 is 4.74 Å². The van der Waals surface area contributed by atoms with Crippen LogP contribution in [0.5, 0.6) is 5.75 Å². The van der Waals surface area contributed by atoms with Crippen LogP contribution in [-0.2, 0) is 0 Å². The number of rotatable bonds is 2. The van der Waals surface area contributed by atoms with Crippen LogP contribution in [-0.4, -0.2) is 6.61 Å². The Morgan fingerprint density at radius 1 is 1.60 bits per heavy atom. The lowest BCUT2D eigenvalue weighted by Gasteiger charge is -2.00. The van der Waals surface area contributed by atoms with E-state index in [4.69, 9.17) is 4.74 Å². The van der Waals surface area contributed by atoms with Crippen molar-refractivity contribution in [3.8, 4) is 5.75 Å². The Hall–Kier alpha value is -0.500. The first-order chi connectivity index (χ1) is 4.83. The molecule has 10 heavy (non-hydrogen) atoms. The van der Waals surface area contributed by atoms with Gasteiger partial charge >= 0.3 is 0 Å². The van der Waals surface area contributed by atoms with E-state index in [1.165, 1.54) is 0 Å². The predicted octanol–water partition coefficient (Wildman–Crippen LogP) is 2.65. The maximum atomic E-state index is 5.20. The van der Waals surface area contributed by atoms with Gasteiger partial charge in [-0.05, 0) is 19.1 Å². The molecule has 0 saturated carbocycles. The minimum Gasteiger partial charge on any atom is -0.493 e. The zero-order valence-electron chi connectivity index (χ0n) is 5.73. The van der Waals surface area contributed by atoms with Gasteiger partial charge in [0.15, 0.2) is 0 Å². The van der Waals surface area contributed by atoms with Gasteiger partial charge in [-0.2, -0.15) is 0 Å². The quantitative estimate of drug-likeness (QED) is 0.712. The summed E-state index contributed by atoms with van der Waals surface area (Å²) in [4.78, 5) is 0. The molecule has 1 nitrogen and oxygen atoms in total. The van der Waals surface area contributed by atoms with Crippen molar-refractivity contribution in [3.63, 3.8) is 0 Å². The molecule has 0 bridgehead atoms. The number of ether oxygens (including phenoxy) is 1. The van der Waals surface area contributed by atoms with E-state index in [0.717, 1.165) is 10.2 Å². The number of halogens is 1. The summed E-state index contributed by atoms with van der Waals surface area (Å²) >= 11 is 3.30. The Morgan fingerprint density at radius 2 is 2.40 bits per heavy atom. The van der Waals surface area contributed by atoms with Crippen LogP contribution in [0.4, 0.5) is 0 Å². The monoisotopic (exact) mass is 199 g/mol. The number of benzene rings is 1. The summed E-state index contributed by atoms with van der Waals surface area (Å²) in [5.41, 5.74) is 0. The van der Waals surface area contributed by atoms with E-state index in [1.54, 1.807) is 0 Å². The summed E-state index contributed by atoms with van der Waals surface area (Å²) in [6.07, 6.45) is 0. The summed E-state index contributed by atoms with van der Waals surface area (Å²) in [6, 6.07) is 8.73. The van der Waals surface area contributed by atoms with E-state index < -0.39 is 0 Å². The molecule has 1 aromatic carbocycles. The molecule has 1 radical (unpaired) electrons. The zero-order chi connectivity index (χ0) is 7.40. The van der Waals surface area contributed by atoms with Crippen molar-refractivity contribution in [1.29, 1.82) is 0 Å². The number of hydrogen-bond donors (Lipinski definition) is 0. The molecular formula is C8H8BrO. The molecular weight excluding hydrogens is 192 g/mol. The molecule has 0 atom stereocenters. The van der Waals surface area contributed by atoms with E-state index in [9.17, 15) is 0 Å². The van der Waals surface area contributed by atoms with Gasteiger partial charge in [-0.15, -0.1) is 0 Å². The first kappa shape index (κ1) is 7.61. The SMILES string of the molecule is CCOc1[c]c(Br)ccc1. The molecule has 1 aromatic rings. The van der Waals surface area contributed by atoms with Crippen LogP contribution in [0.15, 0.2) is 22.7 Å². The van der Waals surface area contributed by atoms with Gasteiger partial charge < -0.3 is 4.74 Å². The maximum Gasteiger partial charge on any atom is 0.128 e. The van der Waals surface area contributed by atoms with Gasteiger partial charge in [0.2, 0.25) is 0 Å². The normalized spacial score (nSPS) is 9.40. The molecule has 0 fully saturated rings. The Morgan fingerprint density at radius 3 is 3.00 bits per heavy atom. The fourth-order valence-electron chi connectivity index (χ4n) is 0.661. The molecule has 0 amide bonds. The van der Waals surface area contributed by atoms with Crippen LogP contribution in [0.1, 0.15) is 6.92 Å². The summed E-state index contributed by atoms with van der Waals surface area (Å²) in [5.74, 6) is 0.789. The highest BCUT2D eigenvalue weighted by atomic mass is 79.9. The standard InChI is InChI=1S/C8H8BrO/c1-2-10-8-5-3-4-7(9)6-8/h3-5H,2H2,1H3. The van der Waals surface area contributed by atoms with Gasteiger partial charge in [-0.25, -0.2) is 0 Å². The van der Waals surface area contributed by atoms with Gasteiger partial charge in [-0.1, -0.05) is 22.0 Å². The van der Waals surface area contributed by atoms with E-state index in [1.807, 2.05) is 25.1 Å². The average Bonchev–Trinajstić information content (AvgIpc) is 1.88. The molecule has 1 rings (SSSR count). The maximum absolute atomic E-state index is 5.20. The van der Waals surface area contributed by atoms with Crippen LogP contribution in [0.2, 0.25) is 0 Å². The fourth-order valence-corrected chi connectivity index (χ4v) is 1.01. The smallest absolute Gasteiger partial charge is 0.128 e. The topological polar surface area (TPSA) is 9.23 Å². The van der Waals surface area contributed by atoms with Crippen LogP contribution in [0, 0.1) is 6.07 Å². The molecule has 0 heterocycles. The lowest BCUT2D eigenvalue weighted by atomic mass is 10.3. The van der Waals surface area contributed by atoms with E-state index in [-0.39, 0.29) is 0 Å². The zero-order valence-corrected chi connectivity index (χ0v) is 7.31. The first-order valence-corrected chi connectivity index (χ1v) is 3.93. The van der Waals surface area contributed by atoms with E-state index in [2.05, 4.69) is 22.0 Å². The Balaban J connectivity index is 2.75. The number of hydrogen-bond acceptors (Lipinski definition) is 1. The van der Waals surface area contributed by atoms with Gasteiger partial charge in [0.1, 0.15) is 5.75 Å². The van der Waals surface area contributed by atoms with Crippen LogP contribution in [0.25, 0.3) is 0 Å². The minimum absolute atomic E-state index is 0.687. The molecule has 2 heteroatoms. The summed E-state index contributed by atoms with van der Waals surface area (Å²) in [5, 5.41) is 0. The molecule has 0 aliphatic carbocycles. The molecule has 0 aliphatic heterocycles. The molecule has 0 saturated heterocycles. The van der Waals surface area contributed by atoms with Crippen LogP contribution >= 0.6 is 15.9 Å². The van der Waals surface area contributed by atoms with Crippen molar-refractivity contribution in [3.05, 3.63) is 28.7 Å². The highest BCUT2D eigenvalue weighted by molar-refractivity contribution is 9.10. The molecule has 0 unspecified atom stereocenters. The third-order valence-electron chi connectivity index (χ3n) is 1.03. The van der Waals surface area contributed by atoms with Crippen molar-refractivity contribution in [2.75, 3.05) is 6.61 Å². The second-order valence-electron chi connectivity index (χ2n) is 1.80. The van der Waals surface area contributed by atoms with Gasteiger partial charge in [0.05, 0.1) is 6.61 Å². The lowest BCUT2D eigenvalue weighted by Crippen LogP contribution is -1.90. The molecule has 0 N–H and O–H groups in total. The van der Waals surface area contributed by atoms with Crippen molar-refractivity contribution in [2.45, 2.75) is 6.92 Å². The Bertz CT molecular complexity index is 210. The van der Waals surface area contributed by atoms with Gasteiger partial charge in [0.25, 0.3) is 0 Å². The fraction of sp³-hybridized carbons (Fsp3) is 0.250. The molecule has 0 spiro atoms. The first-order valence-electron chi connectivity index (χ1n) is 3.13. The summed E-state index contributed by atoms with van der Waals surface area (Å²) in [6.45, 7) is 2.64. The minimum atomic E-state index is 0.687. The van der Waals surface area contributed by atoms with Crippen molar-refractivity contribution in [2.24, 2.45) is 0 Å². The molecule has 0 aliphatic rings. The Labute approximate surface area is 69.1 Å². The second kappa shape index (κ2) is 3.62. The van der Waals surface area contributed by atoms with E-state index >= 15 is 0 Å². The highest BCUT2D eigenvalue weighted by Crippen LogP contribution is 2.16. The average molecular weight is 200 g/mol. The Kier molecular flexibility index (Phi) is 2.75. The van der Waals surface area contributed by atoms with Crippen molar-refractivity contribution in [1.82, 2.24) is 0 Å². The van der Waals surface area contributed by atoms with E-state index in [0.29, 0.717) is 6.61 Å². The van der Waals surface area contributed by atoms with Gasteiger partial charge in [0, 0.05) is 10.5 Å². The largest absolute Gasteiger partial charge is 0.493 e.